The molecule has 0 radical (unpaired) electrons. The number of esters is 1. The summed E-state index contributed by atoms with van der Waals surface area (Å²) in [7, 11) is 0. The molecule has 0 spiro atoms. The topological polar surface area (TPSA) is 105 Å². The molecule has 54 heavy (non-hydrogen) atoms. The van der Waals surface area contributed by atoms with Crippen molar-refractivity contribution >= 4 is 5.97 Å². The van der Waals surface area contributed by atoms with Crippen LogP contribution in [0, 0.1) is 52.3 Å². The average Bonchev–Trinajstić information content (AvgIpc) is 3.51. The highest BCUT2D eigenvalue weighted by Gasteiger charge is 2.59. The number of aliphatic hydroxyl groups is 3. The van der Waals surface area contributed by atoms with E-state index < -0.39 is 30.7 Å². The van der Waals surface area contributed by atoms with E-state index in [1.165, 1.54) is 89.0 Å². The molecule has 3 N–H and O–H groups in total. The van der Waals surface area contributed by atoms with Crippen molar-refractivity contribution in [2.45, 2.75) is 220 Å². The Bertz CT molecular complexity index is 1190. The van der Waals surface area contributed by atoms with E-state index in [9.17, 15) is 20.1 Å². The van der Waals surface area contributed by atoms with Crippen molar-refractivity contribution in [3.63, 3.8) is 0 Å². The monoisotopic (exact) mass is 759 g/mol. The lowest BCUT2D eigenvalue weighted by atomic mass is 9.47. The number of carbonyl (C=O) groups excluding carboxylic acids is 1. The summed E-state index contributed by atoms with van der Waals surface area (Å²) in [6.45, 7) is 17.0. The molecule has 1 saturated heterocycles. The SMILES string of the molecule is CCCCCCCCCCCC(=O)OCC1OC(OC2CC[C@@]3(C)C(=CC[C@H]4[C@@H]5CC[C@H]([C@H](C)CC[C@@H](CC)C(C)C)[C@@]5(C)CC[C@@H]43)C2)C(O)C(O)C1O. The molecule has 4 fully saturated rings. The molecule has 4 aliphatic carbocycles. The standard InChI is InChI=1S/C47H82O7/c1-8-10-11-12-13-14-15-16-17-18-41(48)52-30-40-42(49)43(50)44(51)45(54-40)53-35-25-27-46(6)34(29-35)21-22-36-38-24-23-37(47(38,7)28-26-39(36)46)32(5)19-20-33(9-2)31(3)4/h21,31-33,35-40,42-45,49-51H,8-20,22-30H2,1-7H3/t32-,33-,35?,36+,37-,38+,39+,40?,42?,43?,44?,45?,46+,47-/m1/s1. The number of rotatable bonds is 20. The number of aliphatic hydroxyl groups excluding tert-OH is 3. The van der Waals surface area contributed by atoms with Gasteiger partial charge in [-0.05, 0) is 116 Å². The Morgan fingerprint density at radius 2 is 1.56 bits per heavy atom. The van der Waals surface area contributed by atoms with Gasteiger partial charge in [0, 0.05) is 6.42 Å². The van der Waals surface area contributed by atoms with Gasteiger partial charge in [-0.3, -0.25) is 4.79 Å². The van der Waals surface area contributed by atoms with Crippen LogP contribution in [0.3, 0.4) is 0 Å². The van der Waals surface area contributed by atoms with Gasteiger partial charge < -0.3 is 29.5 Å². The van der Waals surface area contributed by atoms with Gasteiger partial charge in [-0.25, -0.2) is 0 Å². The lowest BCUT2D eigenvalue weighted by Gasteiger charge is -2.58. The summed E-state index contributed by atoms with van der Waals surface area (Å²) in [6.07, 6.45) is 20.5. The van der Waals surface area contributed by atoms with Gasteiger partial charge in [0.1, 0.15) is 31.0 Å². The Kier molecular flexibility index (Phi) is 16.4. The van der Waals surface area contributed by atoms with Crippen LogP contribution in [0.1, 0.15) is 183 Å². The fraction of sp³-hybridized carbons (Fsp3) is 0.936. The second-order valence-corrected chi connectivity index (χ2v) is 19.7. The molecule has 0 aromatic carbocycles. The molecule has 0 aromatic heterocycles. The number of carbonyl (C=O) groups is 1. The van der Waals surface area contributed by atoms with Gasteiger partial charge >= 0.3 is 5.97 Å². The summed E-state index contributed by atoms with van der Waals surface area (Å²) in [6, 6.07) is 0. The largest absolute Gasteiger partial charge is 0.463 e. The minimum absolute atomic E-state index is 0.138. The zero-order chi connectivity index (χ0) is 39.0. The Morgan fingerprint density at radius 1 is 0.852 bits per heavy atom. The predicted molar refractivity (Wildman–Crippen MR) is 217 cm³/mol. The molecule has 7 heteroatoms. The van der Waals surface area contributed by atoms with Crippen LogP contribution in [-0.2, 0) is 19.0 Å². The maximum absolute atomic E-state index is 12.5. The molecule has 5 aliphatic rings. The molecule has 3 saturated carbocycles. The second kappa shape index (κ2) is 20.1. The van der Waals surface area contributed by atoms with Gasteiger partial charge in [0.05, 0.1) is 6.10 Å². The Balaban J connectivity index is 1.10. The third-order valence-corrected chi connectivity index (χ3v) is 16.2. The summed E-state index contributed by atoms with van der Waals surface area (Å²) in [5.41, 5.74) is 2.13. The minimum atomic E-state index is -1.44. The minimum Gasteiger partial charge on any atom is -0.463 e. The van der Waals surface area contributed by atoms with Crippen LogP contribution >= 0.6 is 0 Å². The average molecular weight is 759 g/mol. The third kappa shape index (κ3) is 10.2. The van der Waals surface area contributed by atoms with Gasteiger partial charge in [0.2, 0.25) is 0 Å². The molecule has 1 aliphatic heterocycles. The molecular weight excluding hydrogens is 677 g/mol. The molecular formula is C47H82O7. The highest BCUT2D eigenvalue weighted by atomic mass is 16.7. The molecule has 0 amide bonds. The second-order valence-electron chi connectivity index (χ2n) is 19.7. The predicted octanol–water partition coefficient (Wildman–Crippen LogP) is 10.3. The summed E-state index contributed by atoms with van der Waals surface area (Å²) < 4.78 is 18.0. The quantitative estimate of drug-likeness (QED) is 0.0645. The number of fused-ring (bicyclic) bond motifs is 5. The van der Waals surface area contributed by atoms with Crippen LogP contribution in [-0.4, -0.2) is 64.7 Å². The molecule has 0 bridgehead atoms. The molecule has 312 valence electrons. The van der Waals surface area contributed by atoms with E-state index in [1.807, 2.05) is 0 Å². The number of ether oxygens (including phenoxy) is 3. The Hall–Kier alpha value is -0.990. The van der Waals surface area contributed by atoms with Crippen molar-refractivity contribution in [3.8, 4) is 0 Å². The van der Waals surface area contributed by atoms with Crippen molar-refractivity contribution in [1.82, 2.24) is 0 Å². The van der Waals surface area contributed by atoms with E-state index in [0.717, 1.165) is 80.5 Å². The number of hydrogen-bond acceptors (Lipinski definition) is 7. The number of allylic oxidation sites excluding steroid dienone is 1. The maximum Gasteiger partial charge on any atom is 0.305 e. The molecule has 0 aromatic rings. The summed E-state index contributed by atoms with van der Waals surface area (Å²) in [4.78, 5) is 12.5. The van der Waals surface area contributed by atoms with Gasteiger partial charge in [-0.2, -0.15) is 0 Å². The van der Waals surface area contributed by atoms with Crippen LogP contribution in [0.2, 0.25) is 0 Å². The van der Waals surface area contributed by atoms with Crippen molar-refractivity contribution in [3.05, 3.63) is 11.6 Å². The molecule has 1 heterocycles. The zero-order valence-corrected chi connectivity index (χ0v) is 35.6. The highest BCUT2D eigenvalue weighted by Crippen LogP contribution is 2.67. The van der Waals surface area contributed by atoms with Crippen molar-refractivity contribution in [2.24, 2.45) is 52.3 Å². The van der Waals surface area contributed by atoms with E-state index in [4.69, 9.17) is 14.2 Å². The first-order valence-corrected chi connectivity index (χ1v) is 23.0. The smallest absolute Gasteiger partial charge is 0.305 e. The van der Waals surface area contributed by atoms with Crippen LogP contribution < -0.4 is 0 Å². The van der Waals surface area contributed by atoms with Crippen LogP contribution in [0.25, 0.3) is 0 Å². The summed E-state index contributed by atoms with van der Waals surface area (Å²) in [5.74, 6) is 5.24. The first-order valence-electron chi connectivity index (χ1n) is 23.0. The fourth-order valence-electron chi connectivity index (χ4n) is 12.6. The van der Waals surface area contributed by atoms with E-state index in [2.05, 4.69) is 54.5 Å². The van der Waals surface area contributed by atoms with Crippen molar-refractivity contribution < 1.29 is 34.3 Å². The zero-order valence-electron chi connectivity index (χ0n) is 35.6. The molecule has 5 rings (SSSR count). The van der Waals surface area contributed by atoms with Gasteiger partial charge in [-0.1, -0.05) is 124 Å². The lowest BCUT2D eigenvalue weighted by molar-refractivity contribution is -0.313. The molecule has 6 unspecified atom stereocenters. The first-order chi connectivity index (χ1) is 25.8. The number of unbranched alkanes of at least 4 members (excludes halogenated alkanes) is 8. The third-order valence-electron chi connectivity index (χ3n) is 16.2. The van der Waals surface area contributed by atoms with E-state index in [0.29, 0.717) is 17.8 Å². The van der Waals surface area contributed by atoms with Gasteiger partial charge in [0.25, 0.3) is 0 Å². The van der Waals surface area contributed by atoms with Gasteiger partial charge in [0.15, 0.2) is 6.29 Å². The molecule has 14 atom stereocenters. The fourth-order valence-corrected chi connectivity index (χ4v) is 12.6. The summed E-state index contributed by atoms with van der Waals surface area (Å²) >= 11 is 0. The van der Waals surface area contributed by atoms with E-state index in [-0.39, 0.29) is 24.1 Å². The number of hydrogen-bond donors (Lipinski definition) is 3. The highest BCUT2D eigenvalue weighted by molar-refractivity contribution is 5.69. The first kappa shape index (κ1) is 44.1. The Labute approximate surface area is 330 Å². The summed E-state index contributed by atoms with van der Waals surface area (Å²) in [5, 5.41) is 32.4. The van der Waals surface area contributed by atoms with Gasteiger partial charge in [-0.15, -0.1) is 0 Å². The maximum atomic E-state index is 12.5. The normalized spacial score (nSPS) is 39.0. The Morgan fingerprint density at radius 3 is 2.24 bits per heavy atom. The molecule has 7 nitrogen and oxygen atoms in total. The van der Waals surface area contributed by atoms with Crippen molar-refractivity contribution in [2.75, 3.05) is 6.61 Å². The van der Waals surface area contributed by atoms with E-state index >= 15 is 0 Å². The van der Waals surface area contributed by atoms with Crippen LogP contribution in [0.5, 0.6) is 0 Å². The van der Waals surface area contributed by atoms with Crippen LogP contribution in [0.4, 0.5) is 0 Å². The van der Waals surface area contributed by atoms with Crippen LogP contribution in [0.15, 0.2) is 11.6 Å². The van der Waals surface area contributed by atoms with Crippen molar-refractivity contribution in [1.29, 1.82) is 0 Å². The van der Waals surface area contributed by atoms with E-state index in [1.54, 1.807) is 0 Å². The lowest BCUT2D eigenvalue weighted by Crippen LogP contribution is -2.60.